The summed E-state index contributed by atoms with van der Waals surface area (Å²) in [6.07, 6.45) is 0.447. The number of nitrogens with zero attached hydrogens (tertiary/aromatic N) is 1. The van der Waals surface area contributed by atoms with E-state index in [0.29, 0.717) is 6.42 Å². The highest BCUT2D eigenvalue weighted by Crippen LogP contribution is 2.30. The van der Waals surface area contributed by atoms with Gasteiger partial charge in [-0.3, -0.25) is 4.79 Å². The van der Waals surface area contributed by atoms with Crippen LogP contribution < -0.4 is 0 Å². The second-order valence-electron chi connectivity index (χ2n) is 4.72. The Morgan fingerprint density at radius 3 is 2.86 bits per heavy atom. The summed E-state index contributed by atoms with van der Waals surface area (Å²) >= 11 is 1.00. The van der Waals surface area contributed by atoms with Gasteiger partial charge >= 0.3 is 11.9 Å². The van der Waals surface area contributed by atoms with Crippen LogP contribution in [0.25, 0.3) is 0 Å². The van der Waals surface area contributed by atoms with Gasteiger partial charge in [0.05, 0.1) is 7.11 Å². The quantitative estimate of drug-likeness (QED) is 0.807. The van der Waals surface area contributed by atoms with Gasteiger partial charge in [-0.2, -0.15) is 4.31 Å². The molecule has 0 aromatic carbocycles. The summed E-state index contributed by atoms with van der Waals surface area (Å²) in [5.74, 6) is -1.83. The first-order valence-corrected chi connectivity index (χ1v) is 8.56. The lowest BCUT2D eigenvalue weighted by Crippen LogP contribution is -2.30. The van der Waals surface area contributed by atoms with Crippen LogP contribution in [0.4, 0.5) is 0 Å². The summed E-state index contributed by atoms with van der Waals surface area (Å²) in [5.41, 5.74) is 0. The van der Waals surface area contributed by atoms with Crippen LogP contribution >= 0.6 is 11.3 Å². The molecule has 1 aliphatic heterocycles. The van der Waals surface area contributed by atoms with Crippen molar-refractivity contribution in [2.45, 2.75) is 17.7 Å². The molecule has 1 aromatic heterocycles. The third-order valence-corrected chi connectivity index (χ3v) is 6.26. The van der Waals surface area contributed by atoms with Crippen molar-refractivity contribution >= 4 is 33.3 Å². The highest BCUT2D eigenvalue weighted by molar-refractivity contribution is 7.89. The number of thiophene rings is 1. The monoisotopic (exact) mass is 333 g/mol. The fourth-order valence-corrected chi connectivity index (χ4v) is 5.15. The van der Waals surface area contributed by atoms with Crippen LogP contribution in [0.2, 0.25) is 0 Å². The first-order valence-electron chi connectivity index (χ1n) is 6.24. The first kappa shape index (κ1) is 15.9. The minimum Gasteiger partial charge on any atom is -0.481 e. The molecule has 1 saturated heterocycles. The topological polar surface area (TPSA) is 101 Å². The Morgan fingerprint density at radius 1 is 1.52 bits per heavy atom. The highest BCUT2D eigenvalue weighted by atomic mass is 32.2. The van der Waals surface area contributed by atoms with Gasteiger partial charge in [0.25, 0.3) is 0 Å². The maximum atomic E-state index is 12.5. The van der Waals surface area contributed by atoms with Crippen LogP contribution in [-0.4, -0.2) is 50.0 Å². The van der Waals surface area contributed by atoms with Gasteiger partial charge in [-0.25, -0.2) is 13.2 Å². The third kappa shape index (κ3) is 3.25. The van der Waals surface area contributed by atoms with Gasteiger partial charge in [0, 0.05) is 19.5 Å². The second-order valence-corrected chi connectivity index (χ2v) is 7.54. The first-order chi connectivity index (χ1) is 9.86. The molecule has 2 heterocycles. The molecule has 0 saturated carbocycles. The van der Waals surface area contributed by atoms with Gasteiger partial charge in [-0.05, 0) is 23.8 Å². The zero-order valence-corrected chi connectivity index (χ0v) is 12.9. The number of carboxylic acid groups (broad SMARTS) is 1. The summed E-state index contributed by atoms with van der Waals surface area (Å²) in [6.45, 7) is 0.418. The van der Waals surface area contributed by atoms with Crippen molar-refractivity contribution < 1.29 is 27.9 Å². The molecule has 0 radical (unpaired) electrons. The predicted molar refractivity (Wildman–Crippen MR) is 74.8 cm³/mol. The number of rotatable bonds is 5. The molecule has 0 spiro atoms. The summed E-state index contributed by atoms with van der Waals surface area (Å²) in [7, 11) is -2.61. The van der Waals surface area contributed by atoms with E-state index in [1.165, 1.54) is 22.9 Å². The SMILES string of the molecule is COC(=O)c1sccc1S(=O)(=O)N1CCC(CC(=O)O)C1. The lowest BCUT2D eigenvalue weighted by Gasteiger charge is -2.16. The predicted octanol–water partition coefficient (Wildman–Crippen LogP) is 1.02. The standard InChI is InChI=1S/C12H15NO6S2/c1-19-12(16)11-9(3-5-20-11)21(17,18)13-4-2-8(7-13)6-10(14)15/h3,5,8H,2,4,6-7H2,1H3,(H,14,15). The van der Waals surface area contributed by atoms with Crippen LogP contribution in [0.5, 0.6) is 0 Å². The van der Waals surface area contributed by atoms with Gasteiger partial charge in [0.15, 0.2) is 0 Å². The Bertz CT molecular complexity index is 650. The Morgan fingerprint density at radius 2 is 2.24 bits per heavy atom. The van der Waals surface area contributed by atoms with E-state index < -0.39 is 22.0 Å². The molecular weight excluding hydrogens is 318 g/mol. The summed E-state index contributed by atoms with van der Waals surface area (Å²) in [6, 6.07) is 1.37. The Balaban J connectivity index is 2.22. The normalized spacial score (nSPS) is 19.6. The molecule has 116 valence electrons. The smallest absolute Gasteiger partial charge is 0.349 e. The van der Waals surface area contributed by atoms with Gasteiger partial charge in [-0.1, -0.05) is 0 Å². The van der Waals surface area contributed by atoms with E-state index >= 15 is 0 Å². The molecule has 1 aliphatic rings. The lowest BCUT2D eigenvalue weighted by atomic mass is 10.1. The Hall–Kier alpha value is -1.45. The van der Waals surface area contributed by atoms with Gasteiger partial charge < -0.3 is 9.84 Å². The molecule has 1 N–H and O–H groups in total. The number of carboxylic acids is 1. The molecule has 2 rings (SSSR count). The number of hydrogen-bond acceptors (Lipinski definition) is 6. The summed E-state index contributed by atoms with van der Waals surface area (Å²) < 4.78 is 30.9. The van der Waals surface area contributed by atoms with Crippen molar-refractivity contribution in [3.8, 4) is 0 Å². The van der Waals surface area contributed by atoms with Crippen molar-refractivity contribution in [3.05, 3.63) is 16.3 Å². The fraction of sp³-hybridized carbons (Fsp3) is 0.500. The molecule has 21 heavy (non-hydrogen) atoms. The number of ether oxygens (including phenoxy) is 1. The molecule has 9 heteroatoms. The molecule has 7 nitrogen and oxygen atoms in total. The minimum absolute atomic E-state index is 0.0409. The molecule has 1 unspecified atom stereocenters. The van der Waals surface area contributed by atoms with Gasteiger partial charge in [0.1, 0.15) is 9.77 Å². The lowest BCUT2D eigenvalue weighted by molar-refractivity contribution is -0.138. The van der Waals surface area contributed by atoms with Crippen LogP contribution in [0, 0.1) is 5.92 Å². The van der Waals surface area contributed by atoms with E-state index in [1.54, 1.807) is 0 Å². The van der Waals surface area contributed by atoms with Crippen molar-refractivity contribution in [2.24, 2.45) is 5.92 Å². The number of carbonyl (C=O) groups excluding carboxylic acids is 1. The maximum absolute atomic E-state index is 12.5. The second kappa shape index (κ2) is 6.12. The average molecular weight is 333 g/mol. The van der Waals surface area contributed by atoms with Crippen LogP contribution in [0.1, 0.15) is 22.5 Å². The maximum Gasteiger partial charge on any atom is 0.349 e. The average Bonchev–Trinajstić information content (AvgIpc) is 3.05. The molecule has 1 aromatic rings. The number of carbonyl (C=O) groups is 2. The number of esters is 1. The molecule has 0 amide bonds. The summed E-state index contributed by atoms with van der Waals surface area (Å²) in [4.78, 5) is 22.3. The molecule has 0 bridgehead atoms. The molecule has 0 aliphatic carbocycles. The number of aliphatic carboxylic acids is 1. The van der Waals surface area contributed by atoms with E-state index in [-0.39, 0.29) is 35.2 Å². The zero-order chi connectivity index (χ0) is 15.6. The van der Waals surface area contributed by atoms with Crippen molar-refractivity contribution in [1.29, 1.82) is 0 Å². The van der Waals surface area contributed by atoms with E-state index in [2.05, 4.69) is 4.74 Å². The molecule has 1 fully saturated rings. The fourth-order valence-electron chi connectivity index (χ4n) is 2.31. The van der Waals surface area contributed by atoms with E-state index in [1.807, 2.05) is 0 Å². The zero-order valence-electron chi connectivity index (χ0n) is 11.3. The highest BCUT2D eigenvalue weighted by Gasteiger charge is 2.36. The molecule has 1 atom stereocenters. The minimum atomic E-state index is -3.80. The Labute approximate surface area is 126 Å². The van der Waals surface area contributed by atoms with Crippen LogP contribution in [-0.2, 0) is 19.6 Å². The third-order valence-electron chi connectivity index (χ3n) is 3.33. The van der Waals surface area contributed by atoms with Gasteiger partial charge in [-0.15, -0.1) is 11.3 Å². The van der Waals surface area contributed by atoms with Gasteiger partial charge in [0.2, 0.25) is 10.0 Å². The van der Waals surface area contributed by atoms with Crippen LogP contribution in [0.3, 0.4) is 0 Å². The Kier molecular flexibility index (Phi) is 4.64. The number of methoxy groups -OCH3 is 1. The number of hydrogen-bond donors (Lipinski definition) is 1. The number of sulfonamides is 1. The van der Waals surface area contributed by atoms with Crippen molar-refractivity contribution in [1.82, 2.24) is 4.31 Å². The van der Waals surface area contributed by atoms with Crippen LogP contribution in [0.15, 0.2) is 16.3 Å². The van der Waals surface area contributed by atoms with Crippen molar-refractivity contribution in [2.75, 3.05) is 20.2 Å². The largest absolute Gasteiger partial charge is 0.481 e. The van der Waals surface area contributed by atoms with E-state index in [9.17, 15) is 18.0 Å². The summed E-state index contributed by atoms with van der Waals surface area (Å²) in [5, 5.41) is 10.3. The van der Waals surface area contributed by atoms with Crippen molar-refractivity contribution in [3.63, 3.8) is 0 Å². The van der Waals surface area contributed by atoms with E-state index in [4.69, 9.17) is 5.11 Å². The van der Waals surface area contributed by atoms with E-state index in [0.717, 1.165) is 11.3 Å². The molecular formula is C12H15NO6S2.